The summed E-state index contributed by atoms with van der Waals surface area (Å²) in [5.74, 6) is -1.81. The molecule has 0 aliphatic carbocycles. The summed E-state index contributed by atoms with van der Waals surface area (Å²) in [6.45, 7) is 3.82. The standard InChI is InChI=1S/C27H26F4N2O4/c1-16(2)13-24(21-9-5-18(14-22(21)28)26(36)32-12-11-25(34)35)37-20-8-10-23(33-15-20)17-3-6-19(7-4-17)27(29,30)31/h3-10,14-16,24H,11-13H2,1-2H3,(H,32,36)(H,34,35). The number of carbonyl (C=O) groups is 2. The lowest BCUT2D eigenvalue weighted by Crippen LogP contribution is -2.26. The molecule has 0 spiro atoms. The summed E-state index contributed by atoms with van der Waals surface area (Å²) in [7, 11) is 0. The number of pyridine rings is 1. The molecule has 0 saturated carbocycles. The monoisotopic (exact) mass is 518 g/mol. The van der Waals surface area contributed by atoms with E-state index >= 15 is 4.39 Å². The van der Waals surface area contributed by atoms with Crippen molar-refractivity contribution in [3.05, 3.63) is 83.3 Å². The van der Waals surface area contributed by atoms with Gasteiger partial charge in [-0.05, 0) is 48.7 Å². The topological polar surface area (TPSA) is 88.5 Å². The fourth-order valence-corrected chi connectivity index (χ4v) is 3.60. The highest BCUT2D eigenvalue weighted by atomic mass is 19.4. The molecular formula is C27H26F4N2O4. The minimum Gasteiger partial charge on any atom is -0.484 e. The van der Waals surface area contributed by atoms with E-state index in [0.717, 1.165) is 18.2 Å². The van der Waals surface area contributed by atoms with Crippen LogP contribution in [0.4, 0.5) is 17.6 Å². The van der Waals surface area contributed by atoms with Gasteiger partial charge in [0.25, 0.3) is 5.91 Å². The zero-order valence-electron chi connectivity index (χ0n) is 20.2. The minimum absolute atomic E-state index is 0.0532. The molecule has 37 heavy (non-hydrogen) atoms. The molecule has 0 fully saturated rings. The van der Waals surface area contributed by atoms with Crippen LogP contribution in [0.1, 0.15) is 54.3 Å². The van der Waals surface area contributed by atoms with Gasteiger partial charge in [0, 0.05) is 23.2 Å². The van der Waals surface area contributed by atoms with Gasteiger partial charge in [-0.2, -0.15) is 13.2 Å². The number of aliphatic carboxylic acids is 1. The van der Waals surface area contributed by atoms with E-state index in [-0.39, 0.29) is 30.0 Å². The first kappa shape index (κ1) is 27.6. The molecular weight excluding hydrogens is 492 g/mol. The largest absolute Gasteiger partial charge is 0.484 e. The lowest BCUT2D eigenvalue weighted by atomic mass is 9.97. The van der Waals surface area contributed by atoms with Gasteiger partial charge in [-0.25, -0.2) is 4.39 Å². The van der Waals surface area contributed by atoms with Crippen LogP contribution < -0.4 is 10.1 Å². The molecule has 1 unspecified atom stereocenters. The molecule has 196 valence electrons. The quantitative estimate of drug-likeness (QED) is 0.309. The number of hydrogen-bond donors (Lipinski definition) is 2. The number of ether oxygens (including phenoxy) is 1. The summed E-state index contributed by atoms with van der Waals surface area (Å²) in [4.78, 5) is 27.0. The summed E-state index contributed by atoms with van der Waals surface area (Å²) >= 11 is 0. The Bertz CT molecular complexity index is 1230. The third kappa shape index (κ3) is 7.77. The Balaban J connectivity index is 1.75. The van der Waals surface area contributed by atoms with Gasteiger partial charge in [0.1, 0.15) is 17.7 Å². The van der Waals surface area contributed by atoms with Crippen LogP contribution in [0.3, 0.4) is 0 Å². The summed E-state index contributed by atoms with van der Waals surface area (Å²) in [5.41, 5.74) is 0.492. The highest BCUT2D eigenvalue weighted by Gasteiger charge is 2.30. The van der Waals surface area contributed by atoms with E-state index in [1.54, 1.807) is 12.1 Å². The van der Waals surface area contributed by atoms with E-state index in [2.05, 4.69) is 10.3 Å². The first-order valence-corrected chi connectivity index (χ1v) is 11.5. The number of alkyl halides is 3. The van der Waals surface area contributed by atoms with Crippen molar-refractivity contribution in [1.29, 1.82) is 0 Å². The van der Waals surface area contributed by atoms with Crippen molar-refractivity contribution in [2.24, 2.45) is 5.92 Å². The first-order valence-electron chi connectivity index (χ1n) is 11.5. The Labute approximate surface area is 211 Å². The minimum atomic E-state index is -4.42. The Morgan fingerprint density at radius 2 is 1.76 bits per heavy atom. The second-order valence-corrected chi connectivity index (χ2v) is 8.83. The van der Waals surface area contributed by atoms with Crippen molar-refractivity contribution in [3.63, 3.8) is 0 Å². The van der Waals surface area contributed by atoms with Gasteiger partial charge in [-0.3, -0.25) is 14.6 Å². The number of halogens is 4. The van der Waals surface area contributed by atoms with Crippen molar-refractivity contribution in [1.82, 2.24) is 10.3 Å². The van der Waals surface area contributed by atoms with Gasteiger partial charge >= 0.3 is 12.1 Å². The third-order valence-corrected chi connectivity index (χ3v) is 5.44. The number of carboxylic acid groups (broad SMARTS) is 1. The van der Waals surface area contributed by atoms with E-state index in [4.69, 9.17) is 9.84 Å². The van der Waals surface area contributed by atoms with E-state index in [1.165, 1.54) is 30.5 Å². The number of hydrogen-bond acceptors (Lipinski definition) is 4. The molecule has 2 aromatic carbocycles. The number of benzene rings is 2. The molecule has 1 amide bonds. The van der Waals surface area contributed by atoms with E-state index in [9.17, 15) is 22.8 Å². The molecule has 2 N–H and O–H groups in total. The summed E-state index contributed by atoms with van der Waals surface area (Å²) < 4.78 is 59.4. The number of nitrogens with one attached hydrogen (secondary N) is 1. The smallest absolute Gasteiger partial charge is 0.416 e. The lowest BCUT2D eigenvalue weighted by molar-refractivity contribution is -0.138. The molecule has 10 heteroatoms. The SMILES string of the molecule is CC(C)CC(Oc1ccc(-c2ccc(C(F)(F)F)cc2)nc1)c1ccc(C(=O)NCCC(=O)O)cc1F. The number of carboxylic acids is 1. The van der Waals surface area contributed by atoms with E-state index < -0.39 is 35.5 Å². The van der Waals surface area contributed by atoms with Crippen molar-refractivity contribution < 1.29 is 37.0 Å². The van der Waals surface area contributed by atoms with Crippen LogP contribution >= 0.6 is 0 Å². The first-order chi connectivity index (χ1) is 17.4. The zero-order chi connectivity index (χ0) is 27.2. The predicted molar refractivity (Wildman–Crippen MR) is 128 cm³/mol. The van der Waals surface area contributed by atoms with Crippen molar-refractivity contribution in [2.45, 2.75) is 39.0 Å². The van der Waals surface area contributed by atoms with Gasteiger partial charge in [0.05, 0.1) is 23.9 Å². The second-order valence-electron chi connectivity index (χ2n) is 8.83. The molecule has 0 bridgehead atoms. The molecule has 0 aliphatic heterocycles. The molecule has 1 atom stereocenters. The van der Waals surface area contributed by atoms with Crippen LogP contribution in [0.25, 0.3) is 11.3 Å². The highest BCUT2D eigenvalue weighted by molar-refractivity contribution is 5.94. The Kier molecular flexibility index (Phi) is 8.86. The number of carbonyl (C=O) groups excluding carboxylic acids is 1. The van der Waals surface area contributed by atoms with Gasteiger partial charge in [-0.1, -0.05) is 32.0 Å². The summed E-state index contributed by atoms with van der Waals surface area (Å²) in [6.07, 6.45) is -3.48. The van der Waals surface area contributed by atoms with Crippen LogP contribution in [-0.4, -0.2) is 28.5 Å². The van der Waals surface area contributed by atoms with Gasteiger partial charge in [0.2, 0.25) is 0 Å². The van der Waals surface area contributed by atoms with Crippen molar-refractivity contribution in [3.8, 4) is 17.0 Å². The molecule has 6 nitrogen and oxygen atoms in total. The summed E-state index contributed by atoms with van der Waals surface area (Å²) in [6, 6.07) is 11.8. The average Bonchev–Trinajstić information content (AvgIpc) is 2.83. The maximum atomic E-state index is 15.0. The van der Waals surface area contributed by atoms with Crippen molar-refractivity contribution >= 4 is 11.9 Å². The number of nitrogens with zero attached hydrogens (tertiary/aromatic N) is 1. The fourth-order valence-electron chi connectivity index (χ4n) is 3.60. The van der Waals surface area contributed by atoms with Crippen LogP contribution in [-0.2, 0) is 11.0 Å². The highest BCUT2D eigenvalue weighted by Crippen LogP contribution is 2.32. The maximum Gasteiger partial charge on any atom is 0.416 e. The Morgan fingerprint density at radius 1 is 1.05 bits per heavy atom. The Morgan fingerprint density at radius 3 is 2.30 bits per heavy atom. The van der Waals surface area contributed by atoms with E-state index in [1.807, 2.05) is 13.8 Å². The Hall–Kier alpha value is -3.95. The second kappa shape index (κ2) is 11.9. The van der Waals surface area contributed by atoms with Crippen LogP contribution in [0.2, 0.25) is 0 Å². The van der Waals surface area contributed by atoms with Gasteiger partial charge in [0.15, 0.2) is 0 Å². The van der Waals surface area contributed by atoms with Crippen LogP contribution in [0, 0.1) is 11.7 Å². The average molecular weight is 519 g/mol. The zero-order valence-corrected chi connectivity index (χ0v) is 20.2. The third-order valence-electron chi connectivity index (χ3n) is 5.44. The summed E-state index contributed by atoms with van der Waals surface area (Å²) in [5, 5.41) is 11.1. The van der Waals surface area contributed by atoms with Gasteiger partial charge in [-0.15, -0.1) is 0 Å². The number of amides is 1. The molecule has 3 aromatic rings. The van der Waals surface area contributed by atoms with Gasteiger partial charge < -0.3 is 15.2 Å². The predicted octanol–water partition coefficient (Wildman–Crippen LogP) is 6.28. The molecule has 0 saturated heterocycles. The normalized spacial score (nSPS) is 12.3. The molecule has 0 aliphatic rings. The van der Waals surface area contributed by atoms with Crippen molar-refractivity contribution in [2.75, 3.05) is 6.54 Å². The number of rotatable bonds is 10. The van der Waals surface area contributed by atoms with Crippen LogP contribution in [0.5, 0.6) is 5.75 Å². The lowest BCUT2D eigenvalue weighted by Gasteiger charge is -2.22. The van der Waals surface area contributed by atoms with Crippen LogP contribution in [0.15, 0.2) is 60.8 Å². The number of aromatic nitrogens is 1. The maximum absolute atomic E-state index is 15.0. The fraction of sp³-hybridized carbons (Fsp3) is 0.296. The molecule has 1 aromatic heterocycles. The molecule has 0 radical (unpaired) electrons. The molecule has 1 heterocycles. The molecule has 3 rings (SSSR count). The van der Waals surface area contributed by atoms with E-state index in [0.29, 0.717) is 23.4 Å².